The number of para-hydroxylation sites is 1. The van der Waals surface area contributed by atoms with E-state index in [9.17, 15) is 8.42 Å². The molecule has 0 saturated carbocycles. The van der Waals surface area contributed by atoms with E-state index in [0.717, 1.165) is 16.7 Å². The number of fused-ring (bicyclic) bond motifs is 1. The highest BCUT2D eigenvalue weighted by molar-refractivity contribution is 7.89. The van der Waals surface area contributed by atoms with Crippen molar-refractivity contribution in [1.29, 1.82) is 0 Å². The van der Waals surface area contributed by atoms with Crippen LogP contribution in [0.25, 0.3) is 11.0 Å². The van der Waals surface area contributed by atoms with Crippen molar-refractivity contribution in [2.75, 3.05) is 14.2 Å². The smallest absolute Gasteiger partial charge is 0.240 e. The highest BCUT2D eigenvalue weighted by Crippen LogP contribution is 2.29. The van der Waals surface area contributed by atoms with E-state index in [0.29, 0.717) is 17.9 Å². The average Bonchev–Trinajstić information content (AvgIpc) is 3.02. The summed E-state index contributed by atoms with van der Waals surface area (Å²) in [6.07, 6.45) is 0.446. The van der Waals surface area contributed by atoms with Crippen LogP contribution >= 0.6 is 0 Å². The predicted molar refractivity (Wildman–Crippen MR) is 99.2 cm³/mol. The van der Waals surface area contributed by atoms with Gasteiger partial charge in [-0.1, -0.05) is 18.2 Å². The first kappa shape index (κ1) is 18.3. The van der Waals surface area contributed by atoms with E-state index in [1.54, 1.807) is 13.0 Å². The summed E-state index contributed by atoms with van der Waals surface area (Å²) in [6.45, 7) is 1.80. The molecule has 6 nitrogen and oxygen atoms in total. The van der Waals surface area contributed by atoms with Crippen LogP contribution in [0.4, 0.5) is 0 Å². The Morgan fingerprint density at radius 1 is 1.04 bits per heavy atom. The van der Waals surface area contributed by atoms with Crippen molar-refractivity contribution in [3.05, 3.63) is 54.3 Å². The van der Waals surface area contributed by atoms with Gasteiger partial charge in [0.1, 0.15) is 11.3 Å². The van der Waals surface area contributed by atoms with Crippen LogP contribution in [0.15, 0.2) is 57.8 Å². The van der Waals surface area contributed by atoms with Gasteiger partial charge < -0.3 is 13.9 Å². The molecule has 0 aliphatic heterocycles. The van der Waals surface area contributed by atoms with Crippen LogP contribution in [-0.4, -0.2) is 28.7 Å². The van der Waals surface area contributed by atoms with E-state index in [-0.39, 0.29) is 10.9 Å². The van der Waals surface area contributed by atoms with Gasteiger partial charge in [0, 0.05) is 23.9 Å². The third-order valence-corrected chi connectivity index (χ3v) is 5.59. The Kier molecular flexibility index (Phi) is 5.20. The van der Waals surface area contributed by atoms with Gasteiger partial charge in [-0.2, -0.15) is 0 Å². The lowest BCUT2D eigenvalue weighted by atomic mass is 10.2. The zero-order valence-electron chi connectivity index (χ0n) is 14.9. The monoisotopic (exact) mass is 375 g/mol. The first-order chi connectivity index (χ1) is 12.4. The Morgan fingerprint density at radius 2 is 1.77 bits per heavy atom. The second-order valence-electron chi connectivity index (χ2n) is 5.99. The molecule has 0 unspecified atom stereocenters. The minimum absolute atomic E-state index is 0.117. The zero-order chi connectivity index (χ0) is 18.7. The summed E-state index contributed by atoms with van der Waals surface area (Å²) in [4.78, 5) is 0.117. The number of nitrogens with one attached hydrogen (secondary N) is 1. The SMILES string of the molecule is COc1ccc(S(=O)(=O)N[C@@H](C)Cc2cc3ccccc3o2)cc1OC. The summed E-state index contributed by atoms with van der Waals surface area (Å²) in [5.41, 5.74) is 0.789. The molecule has 0 radical (unpaired) electrons. The molecule has 3 rings (SSSR count). The Bertz CT molecular complexity index is 977. The highest BCUT2D eigenvalue weighted by Gasteiger charge is 2.20. The van der Waals surface area contributed by atoms with Crippen LogP contribution in [0.3, 0.4) is 0 Å². The van der Waals surface area contributed by atoms with Crippen molar-refractivity contribution < 1.29 is 22.3 Å². The fourth-order valence-corrected chi connectivity index (χ4v) is 4.06. The van der Waals surface area contributed by atoms with Gasteiger partial charge in [-0.15, -0.1) is 0 Å². The number of benzene rings is 2. The summed E-state index contributed by atoms with van der Waals surface area (Å²) in [6, 6.07) is 13.8. The first-order valence-electron chi connectivity index (χ1n) is 8.15. The van der Waals surface area contributed by atoms with Crippen LogP contribution in [0.1, 0.15) is 12.7 Å². The van der Waals surface area contributed by atoms with E-state index in [1.165, 1.54) is 26.4 Å². The number of hydrogen-bond donors (Lipinski definition) is 1. The zero-order valence-corrected chi connectivity index (χ0v) is 15.7. The Labute approximate surface area is 152 Å². The Morgan fingerprint density at radius 3 is 2.46 bits per heavy atom. The lowest BCUT2D eigenvalue weighted by molar-refractivity contribution is 0.354. The van der Waals surface area contributed by atoms with E-state index < -0.39 is 10.0 Å². The van der Waals surface area contributed by atoms with Gasteiger partial charge in [0.2, 0.25) is 10.0 Å². The molecule has 3 aromatic rings. The summed E-state index contributed by atoms with van der Waals surface area (Å²) in [5, 5.41) is 0.998. The van der Waals surface area contributed by atoms with E-state index >= 15 is 0 Å². The number of hydrogen-bond acceptors (Lipinski definition) is 5. The van der Waals surface area contributed by atoms with Crippen LogP contribution in [0, 0.1) is 0 Å². The van der Waals surface area contributed by atoms with E-state index in [2.05, 4.69) is 4.72 Å². The van der Waals surface area contributed by atoms with Crippen LogP contribution in [-0.2, 0) is 16.4 Å². The number of rotatable bonds is 7. The molecule has 0 spiro atoms. The Hall–Kier alpha value is -2.51. The lowest BCUT2D eigenvalue weighted by Crippen LogP contribution is -2.34. The quantitative estimate of drug-likeness (QED) is 0.685. The maximum Gasteiger partial charge on any atom is 0.240 e. The van der Waals surface area contributed by atoms with Gasteiger partial charge in [0.15, 0.2) is 11.5 Å². The standard InChI is InChI=1S/C19H21NO5S/c1-13(10-15-11-14-6-4-5-7-17(14)25-15)20-26(21,22)16-8-9-18(23-2)19(12-16)24-3/h4-9,11-13,20H,10H2,1-3H3/t13-/m0/s1. The van der Waals surface area contributed by atoms with Crippen molar-refractivity contribution in [3.8, 4) is 11.5 Å². The van der Waals surface area contributed by atoms with Crippen molar-refractivity contribution >= 4 is 21.0 Å². The van der Waals surface area contributed by atoms with Gasteiger partial charge in [-0.25, -0.2) is 13.1 Å². The Balaban J connectivity index is 1.76. The minimum Gasteiger partial charge on any atom is -0.493 e. The molecule has 1 atom stereocenters. The molecule has 1 N–H and O–H groups in total. The van der Waals surface area contributed by atoms with E-state index in [4.69, 9.17) is 13.9 Å². The molecule has 0 aliphatic carbocycles. The third-order valence-electron chi connectivity index (χ3n) is 4.01. The topological polar surface area (TPSA) is 77.8 Å². The van der Waals surface area contributed by atoms with Crippen molar-refractivity contribution in [1.82, 2.24) is 4.72 Å². The fraction of sp³-hybridized carbons (Fsp3) is 0.263. The molecule has 1 heterocycles. The maximum absolute atomic E-state index is 12.6. The lowest BCUT2D eigenvalue weighted by Gasteiger charge is -2.14. The molecule has 0 amide bonds. The molecular formula is C19H21NO5S. The predicted octanol–water partition coefficient (Wildman–Crippen LogP) is 3.36. The molecule has 0 fully saturated rings. The largest absolute Gasteiger partial charge is 0.493 e. The van der Waals surface area contributed by atoms with Gasteiger partial charge in [-0.3, -0.25) is 0 Å². The molecule has 2 aromatic carbocycles. The second-order valence-corrected chi connectivity index (χ2v) is 7.71. The third kappa shape index (κ3) is 3.84. The fourth-order valence-electron chi connectivity index (χ4n) is 2.80. The second kappa shape index (κ2) is 7.39. The summed E-state index contributed by atoms with van der Waals surface area (Å²) < 4.78 is 44.0. The molecule has 0 bridgehead atoms. The van der Waals surface area contributed by atoms with Gasteiger partial charge in [-0.05, 0) is 31.2 Å². The molecule has 0 aliphatic rings. The van der Waals surface area contributed by atoms with Gasteiger partial charge >= 0.3 is 0 Å². The normalized spacial score (nSPS) is 12.9. The van der Waals surface area contributed by atoms with Crippen molar-refractivity contribution in [3.63, 3.8) is 0 Å². The molecule has 138 valence electrons. The molecule has 26 heavy (non-hydrogen) atoms. The summed E-state index contributed by atoms with van der Waals surface area (Å²) >= 11 is 0. The highest BCUT2D eigenvalue weighted by atomic mass is 32.2. The molecule has 1 aromatic heterocycles. The van der Waals surface area contributed by atoms with Crippen molar-refractivity contribution in [2.24, 2.45) is 0 Å². The minimum atomic E-state index is -3.69. The average molecular weight is 375 g/mol. The maximum atomic E-state index is 12.6. The molecule has 7 heteroatoms. The first-order valence-corrected chi connectivity index (χ1v) is 9.63. The van der Waals surface area contributed by atoms with Crippen molar-refractivity contribution in [2.45, 2.75) is 24.3 Å². The molecular weight excluding hydrogens is 354 g/mol. The molecule has 0 saturated heterocycles. The van der Waals surface area contributed by atoms with Crippen LogP contribution in [0.2, 0.25) is 0 Å². The number of ether oxygens (including phenoxy) is 2. The van der Waals surface area contributed by atoms with Gasteiger partial charge in [0.25, 0.3) is 0 Å². The number of methoxy groups -OCH3 is 2. The van der Waals surface area contributed by atoms with E-state index in [1.807, 2.05) is 30.3 Å². The summed E-state index contributed by atoms with van der Waals surface area (Å²) in [5.74, 6) is 1.57. The number of sulfonamides is 1. The summed E-state index contributed by atoms with van der Waals surface area (Å²) in [7, 11) is -0.731. The van der Waals surface area contributed by atoms with Gasteiger partial charge in [0.05, 0.1) is 19.1 Å². The van der Waals surface area contributed by atoms with Crippen LogP contribution < -0.4 is 14.2 Å². The number of furan rings is 1. The van der Waals surface area contributed by atoms with Crippen LogP contribution in [0.5, 0.6) is 11.5 Å².